The monoisotopic (exact) mass is 241 g/mol. The van der Waals surface area contributed by atoms with Gasteiger partial charge in [-0.2, -0.15) is 8.78 Å². The summed E-state index contributed by atoms with van der Waals surface area (Å²) in [7, 11) is 0. The molecule has 2 N–H and O–H groups in total. The molecule has 0 spiro atoms. The molecule has 0 amide bonds. The third kappa shape index (κ3) is 2.49. The molecule has 0 saturated carbocycles. The summed E-state index contributed by atoms with van der Waals surface area (Å²) in [5.41, 5.74) is 5.12. The van der Waals surface area contributed by atoms with E-state index in [2.05, 4.69) is 0 Å². The van der Waals surface area contributed by atoms with E-state index >= 15 is 0 Å². The summed E-state index contributed by atoms with van der Waals surface area (Å²) < 4.78 is 49.8. The average Bonchev–Trinajstić information content (AvgIpc) is 2.64. The van der Waals surface area contributed by atoms with Crippen LogP contribution in [0.1, 0.15) is 22.7 Å². The van der Waals surface area contributed by atoms with E-state index in [0.717, 1.165) is 16.2 Å². The quantitative estimate of drug-likeness (QED) is 0.805. The van der Waals surface area contributed by atoms with Crippen LogP contribution < -0.4 is 5.73 Å². The van der Waals surface area contributed by atoms with Crippen LogP contribution in [0.4, 0.5) is 17.6 Å². The zero-order valence-corrected chi connectivity index (χ0v) is 8.83. The molecule has 1 rings (SSSR count). The molecular weight excluding hydrogens is 230 g/mol. The van der Waals surface area contributed by atoms with Gasteiger partial charge in [-0.25, -0.2) is 8.78 Å². The smallest absolute Gasteiger partial charge is 0.318 e. The van der Waals surface area contributed by atoms with Crippen LogP contribution in [0.15, 0.2) is 12.1 Å². The molecule has 0 bridgehead atoms. The third-order valence-corrected chi connectivity index (χ3v) is 3.36. The predicted octanol–water partition coefficient (Wildman–Crippen LogP) is 3.21. The summed E-state index contributed by atoms with van der Waals surface area (Å²) in [5.74, 6) is -4.17. The second kappa shape index (κ2) is 4.49. The van der Waals surface area contributed by atoms with E-state index in [1.54, 1.807) is 6.07 Å². The highest BCUT2D eigenvalue weighted by molar-refractivity contribution is 7.12. The second-order valence-electron chi connectivity index (χ2n) is 3.11. The molecule has 0 aliphatic carbocycles. The molecule has 1 aromatic heterocycles. The van der Waals surface area contributed by atoms with Gasteiger partial charge in [0.1, 0.15) is 6.04 Å². The first-order chi connectivity index (χ1) is 6.89. The molecule has 0 aliphatic rings. The number of aryl methyl sites for hydroxylation is 1. The van der Waals surface area contributed by atoms with Gasteiger partial charge < -0.3 is 5.73 Å². The summed E-state index contributed by atoms with van der Waals surface area (Å²) in [5, 5.41) is 0. The van der Waals surface area contributed by atoms with E-state index in [4.69, 9.17) is 5.73 Å². The fourth-order valence-corrected chi connectivity index (χ4v) is 2.08. The largest absolute Gasteiger partial charge is 0.327 e. The van der Waals surface area contributed by atoms with E-state index in [0.29, 0.717) is 6.42 Å². The van der Waals surface area contributed by atoms with Crippen LogP contribution in [-0.2, 0) is 6.42 Å². The van der Waals surface area contributed by atoms with Gasteiger partial charge >= 0.3 is 12.3 Å². The lowest BCUT2D eigenvalue weighted by Gasteiger charge is -2.21. The second-order valence-corrected chi connectivity index (χ2v) is 4.31. The van der Waals surface area contributed by atoms with Gasteiger partial charge in [-0.05, 0) is 18.6 Å². The molecule has 1 unspecified atom stereocenters. The summed E-state index contributed by atoms with van der Waals surface area (Å²) >= 11 is 1.05. The predicted molar refractivity (Wildman–Crippen MR) is 51.6 cm³/mol. The molecule has 0 aliphatic heterocycles. The lowest BCUT2D eigenvalue weighted by Crippen LogP contribution is -2.38. The van der Waals surface area contributed by atoms with Gasteiger partial charge in [0.2, 0.25) is 0 Å². The average molecular weight is 241 g/mol. The Labute approximate surface area is 88.9 Å². The van der Waals surface area contributed by atoms with Gasteiger partial charge in [-0.15, -0.1) is 11.3 Å². The summed E-state index contributed by atoms with van der Waals surface area (Å²) in [6.07, 6.45) is -3.06. The normalized spacial score (nSPS) is 14.6. The molecule has 1 nitrogen and oxygen atoms in total. The first-order valence-electron chi connectivity index (χ1n) is 4.39. The first-order valence-corrected chi connectivity index (χ1v) is 5.21. The van der Waals surface area contributed by atoms with Crippen molar-refractivity contribution in [3.05, 3.63) is 21.9 Å². The van der Waals surface area contributed by atoms with Crippen LogP contribution >= 0.6 is 11.3 Å². The van der Waals surface area contributed by atoms with E-state index in [-0.39, 0.29) is 4.88 Å². The Hall–Kier alpha value is -0.620. The fourth-order valence-electron chi connectivity index (χ4n) is 1.08. The molecule has 6 heteroatoms. The van der Waals surface area contributed by atoms with Crippen LogP contribution in [-0.4, -0.2) is 12.3 Å². The van der Waals surface area contributed by atoms with E-state index in [1.165, 1.54) is 6.07 Å². The highest BCUT2D eigenvalue weighted by Crippen LogP contribution is 2.37. The molecule has 1 aromatic rings. The Balaban J connectivity index is 2.88. The number of halogens is 4. The molecule has 1 heterocycles. The van der Waals surface area contributed by atoms with Gasteiger partial charge in [0.25, 0.3) is 0 Å². The number of rotatable bonds is 4. The standard InChI is InChI=1S/C9H11F4NS/c1-2-5-3-4-6(15-5)7(14)9(12,13)8(10)11/h3-4,7-8H,2,14H2,1H3. The van der Waals surface area contributed by atoms with E-state index in [1.807, 2.05) is 6.92 Å². The van der Waals surface area contributed by atoms with Gasteiger partial charge in [0.15, 0.2) is 0 Å². The maximum atomic E-state index is 12.9. The maximum Gasteiger partial charge on any atom is 0.327 e. The van der Waals surface area contributed by atoms with Crippen LogP contribution in [0.3, 0.4) is 0 Å². The minimum absolute atomic E-state index is 0.0946. The molecular formula is C9H11F4NS. The summed E-state index contributed by atoms with van der Waals surface area (Å²) in [4.78, 5) is 0.947. The molecule has 86 valence electrons. The molecule has 0 saturated heterocycles. The van der Waals surface area contributed by atoms with Crippen molar-refractivity contribution in [2.24, 2.45) is 5.73 Å². The van der Waals surface area contributed by atoms with Crippen molar-refractivity contribution < 1.29 is 17.6 Å². The van der Waals surface area contributed by atoms with Gasteiger partial charge in [0, 0.05) is 9.75 Å². The molecule has 15 heavy (non-hydrogen) atoms. The minimum Gasteiger partial charge on any atom is -0.318 e. The van der Waals surface area contributed by atoms with Crippen LogP contribution in [0.2, 0.25) is 0 Å². The van der Waals surface area contributed by atoms with Gasteiger partial charge in [-0.3, -0.25) is 0 Å². The van der Waals surface area contributed by atoms with Gasteiger partial charge in [-0.1, -0.05) is 6.92 Å². The Bertz CT molecular complexity index is 324. The number of hydrogen-bond acceptors (Lipinski definition) is 2. The number of thiophene rings is 1. The van der Waals surface area contributed by atoms with Gasteiger partial charge in [0.05, 0.1) is 0 Å². The number of nitrogens with two attached hydrogens (primary N) is 1. The Kier molecular flexibility index (Phi) is 3.72. The van der Waals surface area contributed by atoms with Crippen molar-refractivity contribution in [3.63, 3.8) is 0 Å². The minimum atomic E-state index is -4.17. The van der Waals surface area contributed by atoms with Crippen molar-refractivity contribution in [2.75, 3.05) is 0 Å². The summed E-state index contributed by atoms with van der Waals surface area (Å²) in [6, 6.07) is 1.08. The fraction of sp³-hybridized carbons (Fsp3) is 0.556. The van der Waals surface area contributed by atoms with Crippen molar-refractivity contribution >= 4 is 11.3 Å². The van der Waals surface area contributed by atoms with Crippen molar-refractivity contribution in [2.45, 2.75) is 31.7 Å². The molecule has 1 atom stereocenters. The lowest BCUT2D eigenvalue weighted by molar-refractivity contribution is -0.143. The van der Waals surface area contributed by atoms with Crippen LogP contribution in [0.25, 0.3) is 0 Å². The van der Waals surface area contributed by atoms with E-state index in [9.17, 15) is 17.6 Å². The lowest BCUT2D eigenvalue weighted by atomic mass is 10.1. The van der Waals surface area contributed by atoms with Crippen molar-refractivity contribution in [1.82, 2.24) is 0 Å². The zero-order chi connectivity index (χ0) is 11.6. The third-order valence-electron chi connectivity index (χ3n) is 2.04. The number of alkyl halides is 4. The molecule has 0 radical (unpaired) electrons. The molecule has 0 aromatic carbocycles. The zero-order valence-electron chi connectivity index (χ0n) is 8.01. The van der Waals surface area contributed by atoms with Crippen molar-refractivity contribution in [1.29, 1.82) is 0 Å². The van der Waals surface area contributed by atoms with E-state index < -0.39 is 18.4 Å². The Morgan fingerprint density at radius 3 is 2.40 bits per heavy atom. The summed E-state index contributed by atoms with van der Waals surface area (Å²) in [6.45, 7) is 1.85. The Morgan fingerprint density at radius 1 is 1.40 bits per heavy atom. The number of hydrogen-bond donors (Lipinski definition) is 1. The van der Waals surface area contributed by atoms with Crippen LogP contribution in [0.5, 0.6) is 0 Å². The van der Waals surface area contributed by atoms with Crippen LogP contribution in [0, 0.1) is 0 Å². The highest BCUT2D eigenvalue weighted by atomic mass is 32.1. The van der Waals surface area contributed by atoms with Crippen molar-refractivity contribution in [3.8, 4) is 0 Å². The maximum absolute atomic E-state index is 12.9. The molecule has 0 fully saturated rings. The first kappa shape index (κ1) is 12.4. The topological polar surface area (TPSA) is 26.0 Å². The SMILES string of the molecule is CCc1ccc(C(N)C(F)(F)C(F)F)s1. The highest BCUT2D eigenvalue weighted by Gasteiger charge is 2.48. The Morgan fingerprint density at radius 2 is 2.00 bits per heavy atom.